The van der Waals surface area contributed by atoms with E-state index in [0.29, 0.717) is 36.3 Å². The maximum absolute atomic E-state index is 13.1. The minimum absolute atomic E-state index is 0.0438. The molecule has 0 radical (unpaired) electrons. The molecular formula is C22H25Cl2N3O2. The van der Waals surface area contributed by atoms with Crippen LogP contribution in [0.1, 0.15) is 30.0 Å². The first kappa shape index (κ1) is 20.6. The third kappa shape index (κ3) is 4.60. The van der Waals surface area contributed by atoms with Crippen LogP contribution < -0.4 is 16.2 Å². The average molecular weight is 434 g/mol. The SMILES string of the molecule is O=C(NCC1(c2ccc(Cl)cc2)CCOCC1)C1CNNC1c1ccc(Cl)cc1. The molecule has 7 heteroatoms. The van der Waals surface area contributed by atoms with E-state index < -0.39 is 0 Å². The molecule has 2 fully saturated rings. The number of ether oxygens (including phenoxy) is 1. The second-order valence-corrected chi connectivity index (χ2v) is 8.65. The van der Waals surface area contributed by atoms with Crippen molar-refractivity contribution in [3.63, 3.8) is 0 Å². The molecule has 3 N–H and O–H groups in total. The van der Waals surface area contributed by atoms with E-state index in [4.69, 9.17) is 27.9 Å². The van der Waals surface area contributed by atoms with Crippen LogP contribution in [0.3, 0.4) is 0 Å². The third-order valence-corrected chi connectivity index (χ3v) is 6.56. The Bertz CT molecular complexity index is 836. The molecule has 4 rings (SSSR count). The minimum Gasteiger partial charge on any atom is -0.381 e. The Kier molecular flexibility index (Phi) is 6.42. The summed E-state index contributed by atoms with van der Waals surface area (Å²) < 4.78 is 5.59. The van der Waals surface area contributed by atoms with Crippen molar-refractivity contribution in [2.24, 2.45) is 5.92 Å². The largest absolute Gasteiger partial charge is 0.381 e. The van der Waals surface area contributed by atoms with Crippen LogP contribution in [0.15, 0.2) is 48.5 Å². The molecule has 1 amide bonds. The van der Waals surface area contributed by atoms with Gasteiger partial charge in [0.25, 0.3) is 0 Å². The molecule has 2 aromatic rings. The van der Waals surface area contributed by atoms with Crippen LogP contribution in [0.4, 0.5) is 0 Å². The van der Waals surface area contributed by atoms with Crippen molar-refractivity contribution in [1.29, 1.82) is 0 Å². The summed E-state index contributed by atoms with van der Waals surface area (Å²) in [5.41, 5.74) is 8.45. The molecule has 0 saturated carbocycles. The molecule has 2 aromatic carbocycles. The highest BCUT2D eigenvalue weighted by Gasteiger charge is 2.38. The molecule has 2 atom stereocenters. The number of carbonyl (C=O) groups is 1. The summed E-state index contributed by atoms with van der Waals surface area (Å²) in [6, 6.07) is 15.5. The van der Waals surface area contributed by atoms with Crippen molar-refractivity contribution in [2.75, 3.05) is 26.3 Å². The molecule has 5 nitrogen and oxygen atoms in total. The first-order valence-corrected chi connectivity index (χ1v) is 10.7. The van der Waals surface area contributed by atoms with Gasteiger partial charge < -0.3 is 10.1 Å². The molecular weight excluding hydrogens is 409 g/mol. The van der Waals surface area contributed by atoms with Crippen LogP contribution in [0.25, 0.3) is 0 Å². The van der Waals surface area contributed by atoms with Gasteiger partial charge in [-0.3, -0.25) is 10.2 Å². The quantitative estimate of drug-likeness (QED) is 0.673. The molecule has 0 aromatic heterocycles. The monoisotopic (exact) mass is 433 g/mol. The molecule has 29 heavy (non-hydrogen) atoms. The van der Waals surface area contributed by atoms with E-state index in [0.717, 1.165) is 18.4 Å². The Morgan fingerprint density at radius 2 is 1.66 bits per heavy atom. The Morgan fingerprint density at radius 3 is 2.31 bits per heavy atom. The Hall–Kier alpha value is -1.63. The van der Waals surface area contributed by atoms with Crippen LogP contribution in [-0.4, -0.2) is 32.2 Å². The van der Waals surface area contributed by atoms with Gasteiger partial charge >= 0.3 is 0 Å². The highest BCUT2D eigenvalue weighted by atomic mass is 35.5. The van der Waals surface area contributed by atoms with Crippen molar-refractivity contribution >= 4 is 29.1 Å². The maximum atomic E-state index is 13.1. The van der Waals surface area contributed by atoms with Gasteiger partial charge in [0, 0.05) is 41.8 Å². The zero-order valence-electron chi connectivity index (χ0n) is 16.1. The molecule has 154 valence electrons. The number of nitrogens with one attached hydrogen (secondary N) is 3. The van der Waals surface area contributed by atoms with Crippen LogP contribution in [-0.2, 0) is 14.9 Å². The predicted octanol–water partition coefficient (Wildman–Crippen LogP) is 3.62. The van der Waals surface area contributed by atoms with E-state index in [2.05, 4.69) is 28.3 Å². The Morgan fingerprint density at radius 1 is 1.03 bits per heavy atom. The Balaban J connectivity index is 1.47. The fourth-order valence-corrected chi connectivity index (χ4v) is 4.50. The average Bonchev–Trinajstić information content (AvgIpc) is 3.24. The molecule has 2 aliphatic rings. The lowest BCUT2D eigenvalue weighted by atomic mass is 9.74. The van der Waals surface area contributed by atoms with Crippen LogP contribution >= 0.6 is 23.2 Å². The van der Waals surface area contributed by atoms with Gasteiger partial charge in [-0.2, -0.15) is 0 Å². The highest BCUT2D eigenvalue weighted by Crippen LogP contribution is 2.35. The van der Waals surface area contributed by atoms with Gasteiger partial charge in [-0.15, -0.1) is 0 Å². The third-order valence-electron chi connectivity index (χ3n) is 6.06. The lowest BCUT2D eigenvalue weighted by Gasteiger charge is -2.38. The zero-order chi connectivity index (χ0) is 20.3. The second kappa shape index (κ2) is 9.02. The highest BCUT2D eigenvalue weighted by molar-refractivity contribution is 6.30. The first-order valence-electron chi connectivity index (χ1n) is 9.93. The van der Waals surface area contributed by atoms with Gasteiger partial charge in [0.15, 0.2) is 0 Å². The second-order valence-electron chi connectivity index (χ2n) is 7.78. The van der Waals surface area contributed by atoms with Gasteiger partial charge in [0.05, 0.1) is 12.0 Å². The molecule has 0 bridgehead atoms. The van der Waals surface area contributed by atoms with Crippen LogP contribution in [0.2, 0.25) is 10.0 Å². The number of carbonyl (C=O) groups excluding carboxylic acids is 1. The fraction of sp³-hybridized carbons (Fsp3) is 0.409. The fourth-order valence-electron chi connectivity index (χ4n) is 4.25. The van der Waals surface area contributed by atoms with Crippen molar-refractivity contribution in [2.45, 2.75) is 24.3 Å². The Labute approximate surface area is 181 Å². The molecule has 0 spiro atoms. The van der Waals surface area contributed by atoms with Gasteiger partial charge in [0.2, 0.25) is 5.91 Å². The summed E-state index contributed by atoms with van der Waals surface area (Å²) >= 11 is 12.1. The van der Waals surface area contributed by atoms with E-state index in [1.54, 1.807) is 0 Å². The minimum atomic E-state index is -0.196. The topological polar surface area (TPSA) is 62.4 Å². The standard InChI is InChI=1S/C22H25Cl2N3O2/c23-17-5-1-15(2-6-17)20-19(13-26-27-20)21(28)25-14-22(9-11-29-12-10-22)16-3-7-18(24)8-4-16/h1-8,19-20,26-27H,9-14H2,(H,25,28). The van der Waals surface area contributed by atoms with Gasteiger partial charge in [0.1, 0.15) is 0 Å². The van der Waals surface area contributed by atoms with Gasteiger partial charge in [-0.05, 0) is 48.2 Å². The normalized spacial score (nSPS) is 23.7. The summed E-state index contributed by atoms with van der Waals surface area (Å²) in [6.45, 7) is 2.55. The van der Waals surface area contributed by atoms with Gasteiger partial charge in [-0.1, -0.05) is 47.5 Å². The van der Waals surface area contributed by atoms with Crippen molar-refractivity contribution in [1.82, 2.24) is 16.2 Å². The van der Waals surface area contributed by atoms with E-state index >= 15 is 0 Å². The van der Waals surface area contributed by atoms with E-state index in [1.807, 2.05) is 36.4 Å². The summed E-state index contributed by atoms with van der Waals surface area (Å²) in [7, 11) is 0. The number of rotatable bonds is 5. The number of hydrazine groups is 1. The number of hydrogen-bond acceptors (Lipinski definition) is 4. The molecule has 2 aliphatic heterocycles. The van der Waals surface area contributed by atoms with Crippen LogP contribution in [0, 0.1) is 5.92 Å². The van der Waals surface area contributed by atoms with E-state index in [9.17, 15) is 4.79 Å². The lowest BCUT2D eigenvalue weighted by molar-refractivity contribution is -0.125. The molecule has 2 unspecified atom stereocenters. The van der Waals surface area contributed by atoms with Crippen LogP contribution in [0.5, 0.6) is 0 Å². The number of benzene rings is 2. The summed E-state index contributed by atoms with van der Waals surface area (Å²) in [5.74, 6) is -0.152. The smallest absolute Gasteiger partial charge is 0.226 e. The maximum Gasteiger partial charge on any atom is 0.226 e. The lowest BCUT2D eigenvalue weighted by Crippen LogP contribution is -2.46. The van der Waals surface area contributed by atoms with Crippen molar-refractivity contribution < 1.29 is 9.53 Å². The summed E-state index contributed by atoms with van der Waals surface area (Å²) in [6.07, 6.45) is 1.74. The van der Waals surface area contributed by atoms with Crippen molar-refractivity contribution in [3.05, 3.63) is 69.7 Å². The van der Waals surface area contributed by atoms with E-state index in [-0.39, 0.29) is 23.3 Å². The number of amides is 1. The molecule has 0 aliphatic carbocycles. The summed E-state index contributed by atoms with van der Waals surface area (Å²) in [4.78, 5) is 13.1. The van der Waals surface area contributed by atoms with Gasteiger partial charge in [-0.25, -0.2) is 5.43 Å². The number of hydrogen-bond donors (Lipinski definition) is 3. The van der Waals surface area contributed by atoms with Crippen molar-refractivity contribution in [3.8, 4) is 0 Å². The van der Waals surface area contributed by atoms with E-state index in [1.165, 1.54) is 5.56 Å². The number of halogens is 2. The first-order chi connectivity index (χ1) is 14.1. The zero-order valence-corrected chi connectivity index (χ0v) is 17.6. The summed E-state index contributed by atoms with van der Waals surface area (Å²) in [5, 5.41) is 4.63. The predicted molar refractivity (Wildman–Crippen MR) is 115 cm³/mol. The molecule has 2 heterocycles. The molecule has 2 saturated heterocycles.